The molecule has 9 heteroatoms. The van der Waals surface area contributed by atoms with Crippen LogP contribution < -0.4 is 15.1 Å². The highest BCUT2D eigenvalue weighted by atomic mass is 19.1. The van der Waals surface area contributed by atoms with E-state index in [0.29, 0.717) is 38.4 Å². The Labute approximate surface area is 150 Å². The summed E-state index contributed by atoms with van der Waals surface area (Å²) in [7, 11) is 0. The van der Waals surface area contributed by atoms with Crippen molar-refractivity contribution in [1.29, 1.82) is 0 Å². The van der Waals surface area contributed by atoms with Gasteiger partial charge in [0.25, 0.3) is 0 Å². The van der Waals surface area contributed by atoms with Crippen LogP contribution >= 0.6 is 0 Å². The van der Waals surface area contributed by atoms with Crippen molar-refractivity contribution < 1.29 is 9.31 Å². The van der Waals surface area contributed by atoms with Gasteiger partial charge in [0, 0.05) is 32.7 Å². The second kappa shape index (κ2) is 7.77. The van der Waals surface area contributed by atoms with Crippen LogP contribution in [0.5, 0.6) is 0 Å². The molecule has 0 bridgehead atoms. The summed E-state index contributed by atoms with van der Waals surface area (Å²) >= 11 is 0. The highest BCUT2D eigenvalue weighted by Gasteiger charge is 2.29. The van der Waals surface area contributed by atoms with Crippen molar-refractivity contribution in [1.82, 2.24) is 9.97 Å². The molecule has 0 atom stereocenters. The minimum absolute atomic E-state index is 0.159. The van der Waals surface area contributed by atoms with E-state index in [1.165, 1.54) is 12.4 Å². The van der Waals surface area contributed by atoms with Crippen molar-refractivity contribution in [2.24, 2.45) is 0 Å². The van der Waals surface area contributed by atoms with Crippen LogP contribution in [0, 0.1) is 15.9 Å². The number of hydrogen-bond donors (Lipinski definition) is 1. The lowest BCUT2D eigenvalue weighted by atomic mass is 10.2. The van der Waals surface area contributed by atoms with Crippen LogP contribution in [0.4, 0.5) is 27.4 Å². The fraction of sp³-hybridized carbons (Fsp3) is 0.294. The van der Waals surface area contributed by atoms with Crippen molar-refractivity contribution in [2.45, 2.75) is 0 Å². The highest BCUT2D eigenvalue weighted by molar-refractivity contribution is 5.70. The molecule has 1 aliphatic heterocycles. The number of halogens is 1. The topological polar surface area (TPSA) is 87.4 Å². The van der Waals surface area contributed by atoms with Crippen molar-refractivity contribution >= 4 is 23.0 Å². The Morgan fingerprint density at radius 1 is 1.23 bits per heavy atom. The van der Waals surface area contributed by atoms with Gasteiger partial charge in [-0.1, -0.05) is 18.2 Å². The summed E-state index contributed by atoms with van der Waals surface area (Å²) in [4.78, 5) is 22.9. The first-order valence-corrected chi connectivity index (χ1v) is 8.20. The molecule has 0 aliphatic carbocycles. The van der Waals surface area contributed by atoms with Gasteiger partial charge in [-0.05, 0) is 12.1 Å². The predicted octanol–water partition coefficient (Wildman–Crippen LogP) is 2.45. The Morgan fingerprint density at radius 2 is 1.92 bits per heavy atom. The minimum Gasteiger partial charge on any atom is -0.366 e. The first-order chi connectivity index (χ1) is 12.6. The standard InChI is InChI=1S/C17H19FN6O2/c1-2-7-19-16-15(24(25)26)17(21-12-20-16)23-10-8-22(9-11-23)14-6-4-3-5-13(14)18/h2-6,12H,1,7-11H2,(H,19,20,21). The third-order valence-corrected chi connectivity index (χ3v) is 4.17. The summed E-state index contributed by atoms with van der Waals surface area (Å²) in [6, 6.07) is 6.60. The van der Waals surface area contributed by atoms with Crippen LogP contribution in [0.25, 0.3) is 0 Å². The molecule has 8 nitrogen and oxygen atoms in total. The zero-order chi connectivity index (χ0) is 18.5. The Hall–Kier alpha value is -3.23. The zero-order valence-electron chi connectivity index (χ0n) is 14.1. The van der Waals surface area contributed by atoms with Gasteiger partial charge in [0.05, 0.1) is 10.6 Å². The first-order valence-electron chi connectivity index (χ1n) is 8.20. The van der Waals surface area contributed by atoms with E-state index < -0.39 is 4.92 Å². The zero-order valence-corrected chi connectivity index (χ0v) is 14.1. The maximum Gasteiger partial charge on any atom is 0.353 e. The number of anilines is 3. The molecular weight excluding hydrogens is 339 g/mol. The van der Waals surface area contributed by atoms with E-state index >= 15 is 0 Å². The molecule has 0 saturated carbocycles. The molecular formula is C17H19FN6O2. The lowest BCUT2D eigenvalue weighted by molar-refractivity contribution is -0.383. The quantitative estimate of drug-likeness (QED) is 0.482. The summed E-state index contributed by atoms with van der Waals surface area (Å²) in [5, 5.41) is 14.4. The number of nitrogens with zero attached hydrogens (tertiary/aromatic N) is 5. The maximum atomic E-state index is 14.0. The highest BCUT2D eigenvalue weighted by Crippen LogP contribution is 2.32. The van der Waals surface area contributed by atoms with Crippen LogP contribution in [0.2, 0.25) is 0 Å². The van der Waals surface area contributed by atoms with Crippen molar-refractivity contribution in [3.8, 4) is 0 Å². The molecule has 1 N–H and O–H groups in total. The molecule has 0 spiro atoms. The number of rotatable bonds is 6. The molecule has 1 saturated heterocycles. The molecule has 0 amide bonds. The van der Waals surface area contributed by atoms with Gasteiger partial charge in [-0.25, -0.2) is 14.4 Å². The number of piperazine rings is 1. The smallest absolute Gasteiger partial charge is 0.353 e. The van der Waals surface area contributed by atoms with Gasteiger partial charge in [0.1, 0.15) is 12.1 Å². The third kappa shape index (κ3) is 3.56. The number of nitrogens with one attached hydrogen (secondary N) is 1. The Morgan fingerprint density at radius 3 is 2.58 bits per heavy atom. The van der Waals surface area contributed by atoms with Gasteiger partial charge in [-0.15, -0.1) is 6.58 Å². The summed E-state index contributed by atoms with van der Waals surface area (Å²) in [5.41, 5.74) is 0.381. The largest absolute Gasteiger partial charge is 0.366 e. The normalized spacial score (nSPS) is 14.2. The molecule has 2 aromatic rings. The Kier molecular flexibility index (Phi) is 5.26. The second-order valence-corrected chi connectivity index (χ2v) is 5.75. The van der Waals surface area contributed by atoms with E-state index in [2.05, 4.69) is 21.9 Å². The van der Waals surface area contributed by atoms with E-state index in [1.54, 1.807) is 24.3 Å². The van der Waals surface area contributed by atoms with E-state index in [1.807, 2.05) is 9.80 Å². The molecule has 136 valence electrons. The summed E-state index contributed by atoms with van der Waals surface area (Å²) in [5.74, 6) is 0.158. The average Bonchev–Trinajstić information content (AvgIpc) is 2.66. The van der Waals surface area contributed by atoms with Crippen LogP contribution in [0.3, 0.4) is 0 Å². The summed E-state index contributed by atoms with van der Waals surface area (Å²) < 4.78 is 14.0. The predicted molar refractivity (Wildman–Crippen MR) is 98.2 cm³/mol. The number of para-hydroxylation sites is 1. The lowest BCUT2D eigenvalue weighted by Crippen LogP contribution is -2.47. The monoisotopic (exact) mass is 358 g/mol. The summed E-state index contributed by atoms with van der Waals surface area (Å²) in [6.07, 6.45) is 2.90. The molecule has 2 heterocycles. The van der Waals surface area contributed by atoms with Gasteiger partial charge in [-0.3, -0.25) is 10.1 Å². The fourth-order valence-corrected chi connectivity index (χ4v) is 2.93. The van der Waals surface area contributed by atoms with Crippen molar-refractivity contribution in [2.75, 3.05) is 47.8 Å². The van der Waals surface area contributed by atoms with Crippen molar-refractivity contribution in [3.63, 3.8) is 0 Å². The molecule has 26 heavy (non-hydrogen) atoms. The molecule has 1 aromatic heterocycles. The van der Waals surface area contributed by atoms with Crippen molar-refractivity contribution in [3.05, 3.63) is 59.2 Å². The van der Waals surface area contributed by atoms with Gasteiger partial charge >= 0.3 is 5.69 Å². The van der Waals surface area contributed by atoms with Gasteiger partial charge in [0.15, 0.2) is 0 Å². The van der Waals surface area contributed by atoms with Crippen LogP contribution in [-0.4, -0.2) is 47.6 Å². The average molecular weight is 358 g/mol. The molecule has 1 fully saturated rings. The van der Waals surface area contributed by atoms with Crippen LogP contribution in [0.1, 0.15) is 0 Å². The minimum atomic E-state index is -0.482. The Balaban J connectivity index is 1.80. The number of hydrogen-bond acceptors (Lipinski definition) is 7. The molecule has 0 unspecified atom stereocenters. The van der Waals surface area contributed by atoms with E-state index in [-0.39, 0.29) is 23.1 Å². The van der Waals surface area contributed by atoms with E-state index in [9.17, 15) is 14.5 Å². The number of benzene rings is 1. The lowest BCUT2D eigenvalue weighted by Gasteiger charge is -2.36. The summed E-state index contributed by atoms with van der Waals surface area (Å²) in [6.45, 7) is 6.01. The van der Waals surface area contributed by atoms with E-state index in [4.69, 9.17) is 0 Å². The molecule has 1 aromatic carbocycles. The second-order valence-electron chi connectivity index (χ2n) is 5.75. The maximum absolute atomic E-state index is 14.0. The molecule has 1 aliphatic rings. The Bertz CT molecular complexity index is 808. The number of aromatic nitrogens is 2. The fourth-order valence-electron chi connectivity index (χ4n) is 2.93. The molecule has 0 radical (unpaired) electrons. The van der Waals surface area contributed by atoms with Crippen LogP contribution in [-0.2, 0) is 0 Å². The molecule has 3 rings (SSSR count). The van der Waals surface area contributed by atoms with E-state index in [0.717, 1.165) is 0 Å². The van der Waals surface area contributed by atoms with Gasteiger partial charge in [0.2, 0.25) is 11.6 Å². The van der Waals surface area contributed by atoms with Gasteiger partial charge < -0.3 is 15.1 Å². The number of nitro groups is 1. The SMILES string of the molecule is C=CCNc1ncnc(N2CCN(c3ccccc3F)CC2)c1[N+](=O)[O-]. The van der Waals surface area contributed by atoms with Gasteiger partial charge in [-0.2, -0.15) is 0 Å². The third-order valence-electron chi connectivity index (χ3n) is 4.17. The first kappa shape index (κ1) is 17.6. The van der Waals surface area contributed by atoms with Crippen LogP contribution in [0.15, 0.2) is 43.2 Å².